The summed E-state index contributed by atoms with van der Waals surface area (Å²) < 4.78 is 2.18. The van der Waals surface area contributed by atoms with E-state index in [1.165, 1.54) is 11.3 Å². The Morgan fingerprint density at radius 2 is 1.95 bits per heavy atom. The Kier molecular flexibility index (Phi) is 7.42. The summed E-state index contributed by atoms with van der Waals surface area (Å²) >= 11 is 1.38. The second-order valence-corrected chi connectivity index (χ2v) is 11.2. The van der Waals surface area contributed by atoms with Crippen LogP contribution >= 0.6 is 11.3 Å². The molecular formula is C30H31N3O3S. The van der Waals surface area contributed by atoms with Gasteiger partial charge in [-0.3, -0.25) is 19.4 Å². The molecule has 1 aliphatic rings. The van der Waals surface area contributed by atoms with Crippen LogP contribution in [0.3, 0.4) is 0 Å². The highest BCUT2D eigenvalue weighted by atomic mass is 32.1. The number of pyridine rings is 1. The van der Waals surface area contributed by atoms with Crippen molar-refractivity contribution in [3.8, 4) is 11.5 Å². The molecule has 0 bridgehead atoms. The van der Waals surface area contributed by atoms with E-state index in [0.29, 0.717) is 29.7 Å². The van der Waals surface area contributed by atoms with E-state index in [9.17, 15) is 14.4 Å². The molecule has 0 spiro atoms. The van der Waals surface area contributed by atoms with Crippen molar-refractivity contribution in [1.29, 1.82) is 0 Å². The number of imidazole rings is 1. The number of hydrogen-bond acceptors (Lipinski definition) is 6. The molecular weight excluding hydrogens is 482 g/mol. The highest BCUT2D eigenvalue weighted by Crippen LogP contribution is 2.39. The minimum absolute atomic E-state index is 0.00391. The first-order valence-corrected chi connectivity index (χ1v) is 13.9. The van der Waals surface area contributed by atoms with E-state index in [-0.39, 0.29) is 29.3 Å². The van der Waals surface area contributed by atoms with E-state index in [4.69, 9.17) is 4.98 Å². The molecule has 1 aliphatic carbocycles. The number of carbonyl (C=O) groups excluding carboxylic acids is 3. The van der Waals surface area contributed by atoms with Gasteiger partial charge in [0.1, 0.15) is 5.69 Å². The summed E-state index contributed by atoms with van der Waals surface area (Å²) in [6, 6.07) is 15.1. The maximum absolute atomic E-state index is 13.2. The molecule has 0 radical (unpaired) electrons. The SMILES string of the molecule is CCCCC(=O)c1ccc2c(c1)nc(-c1ccccn1)n2[C@@H]1CCC[C@H](C(=O)C(=O)c2ccc(C)s2)C1. The van der Waals surface area contributed by atoms with Gasteiger partial charge >= 0.3 is 0 Å². The summed E-state index contributed by atoms with van der Waals surface area (Å²) in [6.07, 6.45) is 7.15. The topological polar surface area (TPSA) is 81.9 Å². The smallest absolute Gasteiger partial charge is 0.238 e. The van der Waals surface area contributed by atoms with Gasteiger partial charge in [0.2, 0.25) is 11.6 Å². The van der Waals surface area contributed by atoms with Gasteiger partial charge < -0.3 is 4.57 Å². The first-order valence-electron chi connectivity index (χ1n) is 13.1. The number of carbonyl (C=O) groups is 3. The zero-order valence-electron chi connectivity index (χ0n) is 21.3. The minimum atomic E-state index is -0.376. The van der Waals surface area contributed by atoms with Gasteiger partial charge in [-0.2, -0.15) is 0 Å². The van der Waals surface area contributed by atoms with E-state index in [1.54, 1.807) is 12.3 Å². The molecule has 1 fully saturated rings. The quantitative estimate of drug-likeness (QED) is 0.177. The monoisotopic (exact) mass is 513 g/mol. The fourth-order valence-electron chi connectivity index (χ4n) is 5.30. The number of aromatic nitrogens is 3. The molecule has 0 unspecified atom stereocenters. The van der Waals surface area contributed by atoms with Gasteiger partial charge in [-0.1, -0.05) is 25.8 Å². The number of ketones is 3. The molecule has 4 aromatic rings. The van der Waals surface area contributed by atoms with Crippen molar-refractivity contribution in [2.75, 3.05) is 0 Å². The normalized spacial score (nSPS) is 17.7. The lowest BCUT2D eigenvalue weighted by molar-refractivity contribution is -0.119. The van der Waals surface area contributed by atoms with Gasteiger partial charge in [0.15, 0.2) is 11.6 Å². The van der Waals surface area contributed by atoms with E-state index in [2.05, 4.69) is 16.5 Å². The number of benzene rings is 1. The lowest BCUT2D eigenvalue weighted by Gasteiger charge is -2.30. The molecule has 190 valence electrons. The van der Waals surface area contributed by atoms with Crippen molar-refractivity contribution in [2.24, 2.45) is 5.92 Å². The van der Waals surface area contributed by atoms with E-state index in [1.807, 2.05) is 49.4 Å². The van der Waals surface area contributed by atoms with Gasteiger partial charge in [0, 0.05) is 35.0 Å². The first-order chi connectivity index (χ1) is 18.0. The van der Waals surface area contributed by atoms with E-state index in [0.717, 1.165) is 53.1 Å². The maximum atomic E-state index is 13.2. The third-order valence-corrected chi connectivity index (χ3v) is 8.23. The largest absolute Gasteiger partial charge is 0.320 e. The molecule has 0 aliphatic heterocycles. The minimum Gasteiger partial charge on any atom is -0.320 e. The second-order valence-electron chi connectivity index (χ2n) is 9.87. The summed E-state index contributed by atoms with van der Waals surface area (Å²) in [5.41, 5.74) is 3.09. The van der Waals surface area contributed by atoms with Crippen molar-refractivity contribution in [2.45, 2.75) is 64.8 Å². The predicted molar refractivity (Wildman–Crippen MR) is 146 cm³/mol. The molecule has 1 aromatic carbocycles. The Bertz CT molecular complexity index is 1450. The van der Waals surface area contributed by atoms with Crippen LogP contribution in [0.5, 0.6) is 0 Å². The first kappa shape index (κ1) is 25.2. The summed E-state index contributed by atoms with van der Waals surface area (Å²) in [4.78, 5) is 49.9. The third kappa shape index (κ3) is 5.18. The van der Waals surface area contributed by atoms with Gasteiger partial charge in [-0.15, -0.1) is 11.3 Å². The molecule has 6 nitrogen and oxygen atoms in total. The van der Waals surface area contributed by atoms with Crippen molar-refractivity contribution < 1.29 is 14.4 Å². The maximum Gasteiger partial charge on any atom is 0.238 e. The van der Waals surface area contributed by atoms with Crippen molar-refractivity contribution in [3.63, 3.8) is 0 Å². The lowest BCUT2D eigenvalue weighted by atomic mass is 9.81. The summed E-state index contributed by atoms with van der Waals surface area (Å²) in [7, 11) is 0. The summed E-state index contributed by atoms with van der Waals surface area (Å²) in [5, 5.41) is 0. The Labute approximate surface area is 220 Å². The Morgan fingerprint density at radius 3 is 2.68 bits per heavy atom. The van der Waals surface area contributed by atoms with Gasteiger partial charge in [-0.25, -0.2) is 4.98 Å². The summed E-state index contributed by atoms with van der Waals surface area (Å²) in [6.45, 7) is 4.02. The third-order valence-electron chi connectivity index (χ3n) is 7.23. The molecule has 0 saturated heterocycles. The standard InChI is InChI=1S/C30H31N3O3S/c1-3-4-11-26(34)20-13-14-25-24(18-20)32-30(23-10-5-6-16-31-23)33(25)22-9-7-8-21(17-22)28(35)29(36)27-15-12-19(2)37-27/h5-6,10,12-16,18,21-22H,3-4,7-9,11,17H2,1-2H3/t21-,22+/m0/s1. The molecule has 0 N–H and O–H groups in total. The van der Waals surface area contributed by atoms with Crippen molar-refractivity contribution in [3.05, 3.63) is 70.0 Å². The average Bonchev–Trinajstić information content (AvgIpc) is 3.54. The molecule has 3 heterocycles. The van der Waals surface area contributed by atoms with Gasteiger partial charge in [0.05, 0.1) is 15.9 Å². The number of unbranched alkanes of at least 4 members (excludes halogenated alkanes) is 1. The van der Waals surface area contributed by atoms with Crippen LogP contribution in [0.4, 0.5) is 0 Å². The molecule has 37 heavy (non-hydrogen) atoms. The van der Waals surface area contributed by atoms with Crippen LogP contribution in [0.15, 0.2) is 54.7 Å². The Morgan fingerprint density at radius 1 is 1.08 bits per heavy atom. The van der Waals surface area contributed by atoms with Gasteiger partial charge in [-0.05, 0) is 75.1 Å². The highest BCUT2D eigenvalue weighted by molar-refractivity contribution is 7.14. The molecule has 7 heteroatoms. The molecule has 2 atom stereocenters. The number of hydrogen-bond donors (Lipinski definition) is 0. The lowest BCUT2D eigenvalue weighted by Crippen LogP contribution is -2.29. The molecule has 0 amide bonds. The molecule has 3 aromatic heterocycles. The van der Waals surface area contributed by atoms with E-state index >= 15 is 0 Å². The van der Waals surface area contributed by atoms with Crippen LogP contribution < -0.4 is 0 Å². The number of nitrogens with zero attached hydrogens (tertiary/aromatic N) is 3. The average molecular weight is 514 g/mol. The van der Waals surface area contributed by atoms with Crippen LogP contribution in [-0.2, 0) is 4.79 Å². The number of thiophene rings is 1. The predicted octanol–water partition coefficient (Wildman–Crippen LogP) is 7.02. The fraction of sp³-hybridized carbons (Fsp3) is 0.367. The Balaban J connectivity index is 1.50. The van der Waals surface area contributed by atoms with Crippen molar-refractivity contribution in [1.82, 2.24) is 14.5 Å². The van der Waals surface area contributed by atoms with Crippen LogP contribution in [0.1, 0.15) is 82.8 Å². The zero-order chi connectivity index (χ0) is 25.9. The van der Waals surface area contributed by atoms with Gasteiger partial charge in [0.25, 0.3) is 0 Å². The zero-order valence-corrected chi connectivity index (χ0v) is 22.1. The second kappa shape index (κ2) is 10.9. The summed E-state index contributed by atoms with van der Waals surface area (Å²) in [5.74, 6) is -0.133. The highest BCUT2D eigenvalue weighted by Gasteiger charge is 2.34. The fourth-order valence-corrected chi connectivity index (χ4v) is 6.11. The van der Waals surface area contributed by atoms with Crippen LogP contribution in [-0.4, -0.2) is 31.9 Å². The number of Topliss-reactive ketones (excluding diaryl/α,β-unsaturated/α-hetero) is 3. The molecule has 1 saturated carbocycles. The molecule has 5 rings (SSSR count). The van der Waals surface area contributed by atoms with Crippen LogP contribution in [0.25, 0.3) is 22.6 Å². The van der Waals surface area contributed by atoms with Crippen LogP contribution in [0.2, 0.25) is 0 Å². The number of fused-ring (bicyclic) bond motifs is 1. The Hall–Kier alpha value is -3.45. The number of rotatable bonds is 9. The van der Waals surface area contributed by atoms with Crippen molar-refractivity contribution >= 4 is 39.7 Å². The van der Waals surface area contributed by atoms with E-state index < -0.39 is 0 Å². The number of aryl methyl sites for hydroxylation is 1. The van der Waals surface area contributed by atoms with Crippen LogP contribution in [0, 0.1) is 12.8 Å².